The van der Waals surface area contributed by atoms with Gasteiger partial charge >= 0.3 is 11.9 Å². The van der Waals surface area contributed by atoms with E-state index in [9.17, 15) is 9.59 Å². The Morgan fingerprint density at radius 1 is 0.442 bits per heavy atom. The molecule has 0 saturated heterocycles. The minimum atomic E-state index is -0.619. The highest BCUT2D eigenvalue weighted by atomic mass is 16.6. The highest BCUT2D eigenvalue weighted by Gasteiger charge is 2.12. The van der Waals surface area contributed by atoms with Gasteiger partial charge in [-0.15, -0.1) is 0 Å². The number of carbonyl (C=O) groups excluding carboxylic acids is 2. The Kier molecular flexibility index (Phi) is 31.5. The second-order valence-electron chi connectivity index (χ2n) is 14.1. The van der Waals surface area contributed by atoms with Gasteiger partial charge in [0.1, 0.15) is 12.7 Å². The van der Waals surface area contributed by atoms with E-state index < -0.39 is 6.10 Å². The van der Waals surface area contributed by atoms with Gasteiger partial charge < -0.3 is 9.47 Å². The number of hydrogen-bond acceptors (Lipinski definition) is 4. The van der Waals surface area contributed by atoms with Crippen LogP contribution in [0.3, 0.4) is 0 Å². The number of hydrogen-bond donors (Lipinski definition) is 0. The van der Waals surface area contributed by atoms with Crippen molar-refractivity contribution in [3.05, 3.63) is 6.92 Å². The van der Waals surface area contributed by atoms with Crippen LogP contribution in [0.5, 0.6) is 0 Å². The second kappa shape index (κ2) is 32.3. The first-order chi connectivity index (χ1) is 20.8. The number of carbonyl (C=O) groups is 2. The van der Waals surface area contributed by atoms with Gasteiger partial charge in [-0.05, 0) is 31.6 Å². The van der Waals surface area contributed by atoms with Gasteiger partial charge in [0, 0.05) is 12.8 Å². The van der Waals surface area contributed by atoms with Crippen LogP contribution in [0.4, 0.5) is 0 Å². The molecule has 0 aromatic heterocycles. The first-order valence-electron chi connectivity index (χ1n) is 19.0. The van der Waals surface area contributed by atoms with E-state index in [1.165, 1.54) is 141 Å². The zero-order valence-corrected chi connectivity index (χ0v) is 29.6. The lowest BCUT2D eigenvalue weighted by molar-refractivity contribution is -0.156. The SMILES string of the molecule is [CH2]C(COC(=O)CCCCCCCCCCCCCCC(C)C)OC(=O)CCCCCCCCCCCCCCC(C)C. The molecule has 1 unspecified atom stereocenters. The molecule has 0 saturated carbocycles. The molecule has 0 aliphatic rings. The molecular weight excluding hydrogens is 532 g/mol. The normalized spacial score (nSPS) is 12.3. The van der Waals surface area contributed by atoms with Gasteiger partial charge in [-0.1, -0.05) is 182 Å². The van der Waals surface area contributed by atoms with Crippen LogP contribution in [0, 0.1) is 18.8 Å². The summed E-state index contributed by atoms with van der Waals surface area (Å²) in [5, 5.41) is 0. The molecule has 0 aromatic rings. The molecule has 0 fully saturated rings. The van der Waals surface area contributed by atoms with Crippen molar-refractivity contribution < 1.29 is 19.1 Å². The molecule has 0 bridgehead atoms. The van der Waals surface area contributed by atoms with Gasteiger partial charge in [0.15, 0.2) is 0 Å². The van der Waals surface area contributed by atoms with Crippen LogP contribution < -0.4 is 0 Å². The van der Waals surface area contributed by atoms with Crippen molar-refractivity contribution in [2.75, 3.05) is 6.61 Å². The first-order valence-corrected chi connectivity index (χ1v) is 19.0. The standard InChI is InChI=1S/C39H75O4/c1-35(2)30-26-22-18-14-10-6-8-12-16-20-24-28-32-38(40)42-34-37(5)43-39(41)33-29-25-21-17-13-9-7-11-15-19-23-27-31-36(3)4/h35-37H,5-34H2,1-4H3. The molecule has 0 rings (SSSR count). The first kappa shape index (κ1) is 41.9. The van der Waals surface area contributed by atoms with Crippen LogP contribution in [0.15, 0.2) is 0 Å². The Hall–Kier alpha value is -1.06. The number of rotatable bonds is 33. The Morgan fingerprint density at radius 2 is 0.721 bits per heavy atom. The smallest absolute Gasteiger partial charge is 0.306 e. The Balaban J connectivity index is 3.40. The summed E-state index contributed by atoms with van der Waals surface area (Å²) in [6.45, 7) is 13.1. The van der Waals surface area contributed by atoms with Crippen LogP contribution in [0.1, 0.15) is 207 Å². The average Bonchev–Trinajstić information content (AvgIpc) is 2.96. The predicted molar refractivity (Wildman–Crippen MR) is 185 cm³/mol. The molecule has 0 heterocycles. The molecule has 0 amide bonds. The summed E-state index contributed by atoms with van der Waals surface area (Å²) in [5.41, 5.74) is 0. The summed E-state index contributed by atoms with van der Waals surface area (Å²) in [4.78, 5) is 24.1. The fraction of sp³-hybridized carbons (Fsp3) is 0.923. The molecule has 0 aliphatic carbocycles. The van der Waals surface area contributed by atoms with E-state index in [0.29, 0.717) is 12.8 Å². The molecule has 0 N–H and O–H groups in total. The molecule has 0 aromatic carbocycles. The summed E-state index contributed by atoms with van der Waals surface area (Å²) in [6, 6.07) is 0. The van der Waals surface area contributed by atoms with Crippen LogP contribution in [-0.4, -0.2) is 24.6 Å². The maximum Gasteiger partial charge on any atom is 0.306 e. The number of esters is 2. The van der Waals surface area contributed by atoms with Gasteiger partial charge in [0.25, 0.3) is 0 Å². The third kappa shape index (κ3) is 35.3. The van der Waals surface area contributed by atoms with Crippen molar-refractivity contribution >= 4 is 11.9 Å². The van der Waals surface area contributed by atoms with E-state index in [4.69, 9.17) is 9.47 Å². The maximum absolute atomic E-state index is 12.1. The predicted octanol–water partition coefficient (Wildman–Crippen LogP) is 12.5. The third-order valence-corrected chi connectivity index (χ3v) is 8.55. The van der Waals surface area contributed by atoms with Crippen molar-refractivity contribution in [2.45, 2.75) is 214 Å². The Labute approximate surface area is 269 Å². The van der Waals surface area contributed by atoms with E-state index >= 15 is 0 Å². The van der Waals surface area contributed by atoms with Gasteiger partial charge in [-0.2, -0.15) is 0 Å². The van der Waals surface area contributed by atoms with Crippen molar-refractivity contribution in [1.82, 2.24) is 0 Å². The van der Waals surface area contributed by atoms with Crippen molar-refractivity contribution in [3.8, 4) is 0 Å². The molecule has 4 heteroatoms. The number of ether oxygens (including phenoxy) is 2. The molecule has 4 nitrogen and oxygen atoms in total. The van der Waals surface area contributed by atoms with Gasteiger partial charge in [0.05, 0.1) is 0 Å². The van der Waals surface area contributed by atoms with Crippen LogP contribution in [0.25, 0.3) is 0 Å². The van der Waals surface area contributed by atoms with Crippen molar-refractivity contribution in [1.29, 1.82) is 0 Å². The summed E-state index contributed by atoms with van der Waals surface area (Å²) in [6.07, 6.45) is 33.8. The zero-order valence-electron chi connectivity index (χ0n) is 29.6. The zero-order chi connectivity index (χ0) is 31.8. The minimum Gasteiger partial charge on any atom is -0.462 e. The van der Waals surface area contributed by atoms with Gasteiger partial charge in [-0.3, -0.25) is 9.59 Å². The highest BCUT2D eigenvalue weighted by Crippen LogP contribution is 2.16. The molecule has 1 atom stereocenters. The number of unbranched alkanes of at least 4 members (excludes halogenated alkanes) is 22. The van der Waals surface area contributed by atoms with E-state index in [2.05, 4.69) is 34.6 Å². The fourth-order valence-corrected chi connectivity index (χ4v) is 5.72. The van der Waals surface area contributed by atoms with Crippen LogP contribution in [-0.2, 0) is 19.1 Å². The van der Waals surface area contributed by atoms with Gasteiger partial charge in [-0.25, -0.2) is 0 Å². The molecule has 255 valence electrons. The Morgan fingerprint density at radius 3 is 1.05 bits per heavy atom. The molecule has 1 radical (unpaired) electrons. The monoisotopic (exact) mass is 608 g/mol. The van der Waals surface area contributed by atoms with E-state index in [0.717, 1.165) is 37.5 Å². The topological polar surface area (TPSA) is 52.6 Å². The van der Waals surface area contributed by atoms with Gasteiger partial charge in [0.2, 0.25) is 0 Å². The molecule has 43 heavy (non-hydrogen) atoms. The van der Waals surface area contributed by atoms with E-state index in [-0.39, 0.29) is 18.5 Å². The van der Waals surface area contributed by atoms with Crippen LogP contribution in [0.2, 0.25) is 0 Å². The third-order valence-electron chi connectivity index (χ3n) is 8.55. The van der Waals surface area contributed by atoms with Crippen LogP contribution >= 0.6 is 0 Å². The summed E-state index contributed by atoms with van der Waals surface area (Å²) in [7, 11) is 0. The largest absolute Gasteiger partial charge is 0.462 e. The minimum absolute atomic E-state index is 0.0558. The lowest BCUT2D eigenvalue weighted by Gasteiger charge is -2.13. The summed E-state index contributed by atoms with van der Waals surface area (Å²) >= 11 is 0. The van der Waals surface area contributed by atoms with Crippen molar-refractivity contribution in [3.63, 3.8) is 0 Å². The lowest BCUT2D eigenvalue weighted by atomic mass is 10.0. The highest BCUT2D eigenvalue weighted by molar-refractivity contribution is 5.70. The molecule has 0 spiro atoms. The Bertz CT molecular complexity index is 600. The fourth-order valence-electron chi connectivity index (χ4n) is 5.72. The van der Waals surface area contributed by atoms with Crippen molar-refractivity contribution in [2.24, 2.45) is 11.8 Å². The average molecular weight is 608 g/mol. The lowest BCUT2D eigenvalue weighted by Crippen LogP contribution is -2.22. The van der Waals surface area contributed by atoms with E-state index in [1.54, 1.807) is 0 Å². The second-order valence-corrected chi connectivity index (χ2v) is 14.1. The summed E-state index contributed by atoms with van der Waals surface area (Å²) in [5.74, 6) is 1.26. The van der Waals surface area contributed by atoms with E-state index in [1.807, 2.05) is 0 Å². The quantitative estimate of drug-likeness (QED) is 0.0550. The molecular formula is C39H75O4. The molecule has 0 aliphatic heterocycles. The summed E-state index contributed by atoms with van der Waals surface area (Å²) < 4.78 is 10.6. The maximum atomic E-state index is 12.1.